The van der Waals surface area contributed by atoms with Crippen molar-refractivity contribution in [1.29, 1.82) is 0 Å². The third kappa shape index (κ3) is 5.92. The number of carboxylic acids is 1. The van der Waals surface area contributed by atoms with E-state index in [1.165, 1.54) is 11.1 Å². The third-order valence-electron chi connectivity index (χ3n) is 7.63. The molecule has 2 unspecified atom stereocenters. The second-order valence-corrected chi connectivity index (χ2v) is 11.4. The first-order chi connectivity index (χ1) is 17.2. The largest absolute Gasteiger partial charge is 0.481 e. The first-order valence-corrected chi connectivity index (χ1v) is 13.6. The van der Waals surface area contributed by atoms with Crippen LogP contribution in [0.3, 0.4) is 0 Å². The molecule has 194 valence electrons. The highest BCUT2D eigenvalue weighted by Crippen LogP contribution is 2.39. The maximum atomic E-state index is 11.8. The molecular formula is C29H38ClN3O3. The lowest BCUT2D eigenvalue weighted by molar-refractivity contribution is -0.152. The molecule has 1 aliphatic carbocycles. The number of aromatic nitrogens is 2. The van der Waals surface area contributed by atoms with Crippen molar-refractivity contribution in [3.63, 3.8) is 0 Å². The number of likely N-dealkylation sites (tertiary alicyclic amines) is 1. The number of aliphatic carboxylic acids is 1. The zero-order valence-corrected chi connectivity index (χ0v) is 22.6. The van der Waals surface area contributed by atoms with Gasteiger partial charge in [-0.25, -0.2) is 0 Å². The second-order valence-electron chi connectivity index (χ2n) is 11.0. The molecule has 0 saturated carbocycles. The van der Waals surface area contributed by atoms with Crippen molar-refractivity contribution in [1.82, 2.24) is 15.0 Å². The van der Waals surface area contributed by atoms with Crippen molar-refractivity contribution >= 4 is 17.6 Å². The standard InChI is InChI=1S/C29H38ClN3O3/c1-5-10-29(28(34)35)11-13-33(14-12-29)18-21-6-8-22(9-7-21)26-31-27(36-32-26)24-17-25(30)23(15-19(2)3)16-20(24)4/h6-9,16-17,19-20,24H,5,10-15,18H2,1-4H3,(H,34,35). The van der Waals surface area contributed by atoms with Crippen molar-refractivity contribution in [3.05, 3.63) is 58.5 Å². The molecular weight excluding hydrogens is 474 g/mol. The van der Waals surface area contributed by atoms with Gasteiger partial charge in [0.15, 0.2) is 0 Å². The van der Waals surface area contributed by atoms with Crippen LogP contribution >= 0.6 is 11.6 Å². The minimum Gasteiger partial charge on any atom is -0.481 e. The van der Waals surface area contributed by atoms with E-state index in [-0.39, 0.29) is 11.8 Å². The van der Waals surface area contributed by atoms with Crippen molar-refractivity contribution in [3.8, 4) is 11.4 Å². The normalized spacial score (nSPS) is 22.4. The highest BCUT2D eigenvalue weighted by molar-refractivity contribution is 6.32. The van der Waals surface area contributed by atoms with Gasteiger partial charge in [-0.05, 0) is 61.7 Å². The SMILES string of the molecule is CCCC1(C(=O)O)CCN(Cc2ccc(-c3noc(C4C=C(Cl)C(CC(C)C)=CC4C)n3)cc2)CC1. The van der Waals surface area contributed by atoms with Crippen LogP contribution in [0.2, 0.25) is 0 Å². The molecule has 0 radical (unpaired) electrons. The van der Waals surface area contributed by atoms with Gasteiger partial charge in [-0.1, -0.05) is 87.3 Å². The molecule has 0 bridgehead atoms. The average molecular weight is 512 g/mol. The summed E-state index contributed by atoms with van der Waals surface area (Å²) >= 11 is 6.57. The second kappa shape index (κ2) is 11.3. The lowest BCUT2D eigenvalue weighted by atomic mass is 9.75. The van der Waals surface area contributed by atoms with Gasteiger partial charge in [0.1, 0.15) is 0 Å². The monoisotopic (exact) mass is 511 g/mol. The van der Waals surface area contributed by atoms with Gasteiger partial charge < -0.3 is 9.63 Å². The fraction of sp³-hybridized carbons (Fsp3) is 0.552. The summed E-state index contributed by atoms with van der Waals surface area (Å²) in [5, 5.41) is 14.8. The van der Waals surface area contributed by atoms with E-state index >= 15 is 0 Å². The van der Waals surface area contributed by atoms with Crippen LogP contribution in [0.25, 0.3) is 11.4 Å². The van der Waals surface area contributed by atoms with Gasteiger partial charge in [-0.15, -0.1) is 0 Å². The van der Waals surface area contributed by atoms with Crippen LogP contribution in [0.4, 0.5) is 0 Å². The Bertz CT molecular complexity index is 1110. The molecule has 1 saturated heterocycles. The van der Waals surface area contributed by atoms with Crippen LogP contribution in [0, 0.1) is 17.3 Å². The van der Waals surface area contributed by atoms with Gasteiger partial charge in [-0.2, -0.15) is 4.98 Å². The topological polar surface area (TPSA) is 79.5 Å². The third-order valence-corrected chi connectivity index (χ3v) is 8.00. The van der Waals surface area contributed by atoms with E-state index < -0.39 is 11.4 Å². The summed E-state index contributed by atoms with van der Waals surface area (Å²) in [6.07, 6.45) is 8.33. The first kappa shape index (κ1) is 26.6. The van der Waals surface area contributed by atoms with Crippen molar-refractivity contribution < 1.29 is 14.4 Å². The summed E-state index contributed by atoms with van der Waals surface area (Å²) in [6, 6.07) is 8.25. The molecule has 2 aromatic rings. The highest BCUT2D eigenvalue weighted by Gasteiger charge is 2.40. The Hall–Kier alpha value is -2.44. The molecule has 2 heterocycles. The number of hydrogen-bond acceptors (Lipinski definition) is 5. The van der Waals surface area contributed by atoms with Crippen LogP contribution in [-0.2, 0) is 11.3 Å². The number of carbonyl (C=O) groups is 1. The number of hydrogen-bond donors (Lipinski definition) is 1. The number of rotatable bonds is 9. The maximum Gasteiger partial charge on any atom is 0.309 e. The molecule has 7 heteroatoms. The quantitative estimate of drug-likeness (QED) is 0.389. The van der Waals surface area contributed by atoms with E-state index in [1.807, 2.05) is 18.2 Å². The Kier molecular flexibility index (Phi) is 8.36. The van der Waals surface area contributed by atoms with E-state index in [2.05, 4.69) is 56.0 Å². The molecule has 1 fully saturated rings. The van der Waals surface area contributed by atoms with E-state index in [9.17, 15) is 9.90 Å². The minimum absolute atomic E-state index is 0.0290. The van der Waals surface area contributed by atoms with Crippen LogP contribution < -0.4 is 0 Å². The summed E-state index contributed by atoms with van der Waals surface area (Å²) in [6.45, 7) is 11.0. The molecule has 0 spiro atoms. The van der Waals surface area contributed by atoms with E-state index in [1.54, 1.807) is 0 Å². The fourth-order valence-electron chi connectivity index (χ4n) is 5.51. The van der Waals surface area contributed by atoms with Gasteiger partial charge in [0.05, 0.1) is 11.3 Å². The lowest BCUT2D eigenvalue weighted by Gasteiger charge is -2.38. The predicted molar refractivity (Wildman–Crippen MR) is 143 cm³/mol. The molecule has 1 aromatic carbocycles. The van der Waals surface area contributed by atoms with E-state index in [4.69, 9.17) is 21.1 Å². The Labute approximate surface area is 219 Å². The number of halogens is 1. The molecule has 1 N–H and O–H groups in total. The zero-order chi connectivity index (χ0) is 25.9. The molecule has 0 amide bonds. The molecule has 4 rings (SSSR count). The van der Waals surface area contributed by atoms with Crippen LogP contribution in [0.15, 0.2) is 51.5 Å². The summed E-state index contributed by atoms with van der Waals surface area (Å²) in [4.78, 5) is 18.9. The lowest BCUT2D eigenvalue weighted by Crippen LogP contribution is -2.44. The minimum atomic E-state index is -0.639. The van der Waals surface area contributed by atoms with Crippen molar-refractivity contribution in [2.75, 3.05) is 13.1 Å². The maximum absolute atomic E-state index is 11.8. The first-order valence-electron chi connectivity index (χ1n) is 13.2. The Balaban J connectivity index is 1.38. The molecule has 2 atom stereocenters. The zero-order valence-electron chi connectivity index (χ0n) is 21.8. The summed E-state index contributed by atoms with van der Waals surface area (Å²) in [7, 11) is 0. The molecule has 1 aliphatic heterocycles. The molecule has 6 nitrogen and oxygen atoms in total. The van der Waals surface area contributed by atoms with Gasteiger partial charge >= 0.3 is 5.97 Å². The average Bonchev–Trinajstić information content (AvgIpc) is 3.33. The van der Waals surface area contributed by atoms with Gasteiger partial charge in [0.2, 0.25) is 11.7 Å². The summed E-state index contributed by atoms with van der Waals surface area (Å²) in [5.74, 6) is 1.28. The van der Waals surface area contributed by atoms with Crippen LogP contribution in [0.5, 0.6) is 0 Å². The summed E-state index contributed by atoms with van der Waals surface area (Å²) in [5.41, 5.74) is 2.75. The number of nitrogens with zero attached hydrogens (tertiary/aromatic N) is 3. The van der Waals surface area contributed by atoms with Crippen molar-refractivity contribution in [2.24, 2.45) is 17.3 Å². The fourth-order valence-corrected chi connectivity index (χ4v) is 5.79. The molecule has 36 heavy (non-hydrogen) atoms. The van der Waals surface area contributed by atoms with E-state index in [0.29, 0.717) is 30.5 Å². The van der Waals surface area contributed by atoms with Crippen LogP contribution in [0.1, 0.15) is 77.2 Å². The molecule has 2 aliphatic rings. The van der Waals surface area contributed by atoms with Gasteiger partial charge in [-0.3, -0.25) is 9.69 Å². The number of benzene rings is 1. The van der Waals surface area contributed by atoms with Crippen LogP contribution in [-0.4, -0.2) is 39.2 Å². The molecule has 1 aromatic heterocycles. The Morgan fingerprint density at radius 3 is 2.53 bits per heavy atom. The summed E-state index contributed by atoms with van der Waals surface area (Å²) < 4.78 is 5.65. The predicted octanol–water partition coefficient (Wildman–Crippen LogP) is 7.03. The smallest absolute Gasteiger partial charge is 0.309 e. The Morgan fingerprint density at radius 1 is 1.22 bits per heavy atom. The van der Waals surface area contributed by atoms with Gasteiger partial charge in [0.25, 0.3) is 0 Å². The van der Waals surface area contributed by atoms with E-state index in [0.717, 1.165) is 49.5 Å². The van der Waals surface area contributed by atoms with Crippen molar-refractivity contribution in [2.45, 2.75) is 72.3 Å². The Morgan fingerprint density at radius 2 is 1.92 bits per heavy atom. The number of piperidine rings is 1. The highest BCUT2D eigenvalue weighted by atomic mass is 35.5. The number of allylic oxidation sites excluding steroid dienone is 4. The van der Waals surface area contributed by atoms with Gasteiger partial charge in [0, 0.05) is 17.1 Å². The number of carboxylic acid groups (broad SMARTS) is 1.